The summed E-state index contributed by atoms with van der Waals surface area (Å²) in [5.41, 5.74) is 0.818. The molecule has 1 aromatic rings. The molecule has 1 N–H and O–H groups in total. The maximum atomic E-state index is 10.5. The molecule has 4 heteroatoms. The molecule has 0 fully saturated rings. The van der Waals surface area contributed by atoms with Crippen molar-refractivity contribution in [3.63, 3.8) is 0 Å². The number of unbranched alkanes of at least 4 members (excludes halogenated alkanes) is 1. The number of aliphatic hydroxyl groups excluding tert-OH is 1. The SMILES string of the molecule is CCCCN(C)C1COc2c(OC)cccc2C1O. The van der Waals surface area contributed by atoms with Gasteiger partial charge in [-0.1, -0.05) is 25.5 Å². The average Bonchev–Trinajstić information content (AvgIpc) is 2.44. The Morgan fingerprint density at radius 1 is 1.47 bits per heavy atom. The zero-order valence-corrected chi connectivity index (χ0v) is 11.9. The van der Waals surface area contributed by atoms with Crippen LogP contribution in [-0.4, -0.2) is 43.4 Å². The van der Waals surface area contributed by atoms with Gasteiger partial charge in [0, 0.05) is 5.56 Å². The predicted octanol–water partition coefficient (Wildman–Crippen LogP) is 2.22. The number of likely N-dealkylation sites (N-methyl/N-ethyl adjacent to an activating group) is 1. The molecule has 1 aliphatic heterocycles. The van der Waals surface area contributed by atoms with Crippen molar-refractivity contribution < 1.29 is 14.6 Å². The van der Waals surface area contributed by atoms with E-state index in [2.05, 4.69) is 11.8 Å². The van der Waals surface area contributed by atoms with Crippen molar-refractivity contribution in [1.29, 1.82) is 0 Å². The smallest absolute Gasteiger partial charge is 0.167 e. The zero-order chi connectivity index (χ0) is 13.8. The largest absolute Gasteiger partial charge is 0.493 e. The van der Waals surface area contributed by atoms with Gasteiger partial charge in [-0.25, -0.2) is 0 Å². The minimum atomic E-state index is -0.527. The summed E-state index contributed by atoms with van der Waals surface area (Å²) in [4.78, 5) is 2.18. The Morgan fingerprint density at radius 3 is 2.95 bits per heavy atom. The molecule has 19 heavy (non-hydrogen) atoms. The molecule has 0 radical (unpaired) electrons. The number of para-hydroxylation sites is 1. The molecule has 1 aliphatic rings. The number of hydrogen-bond acceptors (Lipinski definition) is 4. The van der Waals surface area contributed by atoms with Gasteiger partial charge in [-0.2, -0.15) is 0 Å². The van der Waals surface area contributed by atoms with Gasteiger partial charge >= 0.3 is 0 Å². The normalized spacial score (nSPS) is 21.9. The molecule has 0 saturated heterocycles. The van der Waals surface area contributed by atoms with Gasteiger partial charge in [0.2, 0.25) is 0 Å². The Morgan fingerprint density at radius 2 is 2.26 bits per heavy atom. The summed E-state index contributed by atoms with van der Waals surface area (Å²) in [5.74, 6) is 1.36. The quantitative estimate of drug-likeness (QED) is 0.886. The van der Waals surface area contributed by atoms with Crippen LogP contribution in [0.1, 0.15) is 31.4 Å². The summed E-state index contributed by atoms with van der Waals surface area (Å²) in [5, 5.41) is 10.5. The number of aliphatic hydroxyl groups is 1. The predicted molar refractivity (Wildman–Crippen MR) is 74.8 cm³/mol. The van der Waals surface area contributed by atoms with E-state index < -0.39 is 6.10 Å². The van der Waals surface area contributed by atoms with Crippen molar-refractivity contribution in [2.24, 2.45) is 0 Å². The molecular formula is C15H23NO3. The van der Waals surface area contributed by atoms with E-state index in [1.54, 1.807) is 7.11 Å². The van der Waals surface area contributed by atoms with Gasteiger partial charge in [-0.05, 0) is 26.1 Å². The third-order valence-corrected chi connectivity index (χ3v) is 3.74. The molecule has 1 heterocycles. The van der Waals surface area contributed by atoms with Crippen LogP contribution in [0.25, 0.3) is 0 Å². The van der Waals surface area contributed by atoms with Gasteiger partial charge in [0.15, 0.2) is 11.5 Å². The molecule has 0 aliphatic carbocycles. The second-order valence-corrected chi connectivity index (χ2v) is 5.04. The summed E-state index contributed by atoms with van der Waals surface area (Å²) < 4.78 is 11.1. The van der Waals surface area contributed by atoms with Crippen molar-refractivity contribution >= 4 is 0 Å². The molecule has 0 spiro atoms. The highest BCUT2D eigenvalue weighted by molar-refractivity contribution is 5.49. The van der Waals surface area contributed by atoms with Gasteiger partial charge < -0.3 is 14.6 Å². The van der Waals surface area contributed by atoms with E-state index in [0.29, 0.717) is 18.1 Å². The van der Waals surface area contributed by atoms with Crippen LogP contribution in [0.5, 0.6) is 11.5 Å². The number of fused-ring (bicyclic) bond motifs is 1. The Kier molecular flexibility index (Phi) is 4.66. The third kappa shape index (κ3) is 2.85. The molecule has 0 saturated carbocycles. The zero-order valence-electron chi connectivity index (χ0n) is 11.9. The highest BCUT2D eigenvalue weighted by Gasteiger charge is 2.33. The second kappa shape index (κ2) is 6.26. The number of methoxy groups -OCH3 is 1. The molecule has 0 amide bonds. The standard InChI is InChI=1S/C15H23NO3/c1-4-5-9-16(2)12-10-19-15-11(14(12)17)7-6-8-13(15)18-3/h6-8,12,14,17H,4-5,9-10H2,1-3H3. The Labute approximate surface area is 114 Å². The van der Waals surface area contributed by atoms with E-state index in [9.17, 15) is 5.11 Å². The maximum Gasteiger partial charge on any atom is 0.167 e. The van der Waals surface area contributed by atoms with Crippen LogP contribution in [0.2, 0.25) is 0 Å². The number of benzene rings is 1. The topological polar surface area (TPSA) is 41.9 Å². The van der Waals surface area contributed by atoms with Crippen LogP contribution < -0.4 is 9.47 Å². The van der Waals surface area contributed by atoms with Crippen LogP contribution in [0.4, 0.5) is 0 Å². The third-order valence-electron chi connectivity index (χ3n) is 3.74. The van der Waals surface area contributed by atoms with Crippen LogP contribution in [0.3, 0.4) is 0 Å². The minimum absolute atomic E-state index is 0.00570. The fourth-order valence-electron chi connectivity index (χ4n) is 2.49. The van der Waals surface area contributed by atoms with E-state index in [-0.39, 0.29) is 6.04 Å². The van der Waals surface area contributed by atoms with Gasteiger partial charge in [-0.3, -0.25) is 4.90 Å². The summed E-state index contributed by atoms with van der Waals surface area (Å²) >= 11 is 0. The molecule has 2 atom stereocenters. The molecular weight excluding hydrogens is 242 g/mol. The monoisotopic (exact) mass is 265 g/mol. The second-order valence-electron chi connectivity index (χ2n) is 5.04. The van der Waals surface area contributed by atoms with Crippen LogP contribution in [-0.2, 0) is 0 Å². The first kappa shape index (κ1) is 14.2. The molecule has 0 aromatic heterocycles. The lowest BCUT2D eigenvalue weighted by Crippen LogP contribution is -2.44. The van der Waals surface area contributed by atoms with Gasteiger partial charge in [-0.15, -0.1) is 0 Å². The fourth-order valence-corrected chi connectivity index (χ4v) is 2.49. The molecule has 1 aromatic carbocycles. The van der Waals surface area contributed by atoms with Crippen molar-refractivity contribution in [3.8, 4) is 11.5 Å². The highest BCUT2D eigenvalue weighted by Crippen LogP contribution is 2.40. The lowest BCUT2D eigenvalue weighted by atomic mass is 9.97. The van der Waals surface area contributed by atoms with Crippen molar-refractivity contribution in [1.82, 2.24) is 4.90 Å². The van der Waals surface area contributed by atoms with Gasteiger partial charge in [0.1, 0.15) is 12.7 Å². The molecule has 4 nitrogen and oxygen atoms in total. The van der Waals surface area contributed by atoms with E-state index >= 15 is 0 Å². The van der Waals surface area contributed by atoms with E-state index in [0.717, 1.165) is 24.9 Å². The van der Waals surface area contributed by atoms with Crippen molar-refractivity contribution in [3.05, 3.63) is 23.8 Å². The van der Waals surface area contributed by atoms with E-state index in [1.165, 1.54) is 0 Å². The molecule has 106 valence electrons. The summed E-state index contributed by atoms with van der Waals surface area (Å²) in [6.45, 7) is 3.64. The van der Waals surface area contributed by atoms with E-state index in [4.69, 9.17) is 9.47 Å². The van der Waals surface area contributed by atoms with Gasteiger partial charge in [0.25, 0.3) is 0 Å². The first-order valence-electron chi connectivity index (χ1n) is 6.87. The number of nitrogens with zero attached hydrogens (tertiary/aromatic N) is 1. The number of rotatable bonds is 5. The van der Waals surface area contributed by atoms with Gasteiger partial charge in [0.05, 0.1) is 13.2 Å². The Bertz CT molecular complexity index is 422. The Balaban J connectivity index is 2.17. The first-order chi connectivity index (χ1) is 9.19. The van der Waals surface area contributed by atoms with Crippen LogP contribution in [0, 0.1) is 0 Å². The maximum absolute atomic E-state index is 10.5. The van der Waals surface area contributed by atoms with Crippen LogP contribution in [0.15, 0.2) is 18.2 Å². The number of ether oxygens (including phenoxy) is 2. The van der Waals surface area contributed by atoms with E-state index in [1.807, 2.05) is 25.2 Å². The molecule has 0 bridgehead atoms. The molecule has 2 rings (SSSR count). The number of hydrogen-bond donors (Lipinski definition) is 1. The highest BCUT2D eigenvalue weighted by atomic mass is 16.5. The van der Waals surface area contributed by atoms with Crippen molar-refractivity contribution in [2.45, 2.75) is 31.9 Å². The summed E-state index contributed by atoms with van der Waals surface area (Å²) in [7, 11) is 3.66. The lowest BCUT2D eigenvalue weighted by Gasteiger charge is -2.36. The lowest BCUT2D eigenvalue weighted by molar-refractivity contribution is 0.0135. The minimum Gasteiger partial charge on any atom is -0.493 e. The molecule has 2 unspecified atom stereocenters. The Hall–Kier alpha value is -1.26. The fraction of sp³-hybridized carbons (Fsp3) is 0.600. The summed E-state index contributed by atoms with van der Waals surface area (Å²) in [6, 6.07) is 5.65. The van der Waals surface area contributed by atoms with Crippen LogP contribution >= 0.6 is 0 Å². The average molecular weight is 265 g/mol. The van der Waals surface area contributed by atoms with Crippen molar-refractivity contribution in [2.75, 3.05) is 27.3 Å². The first-order valence-corrected chi connectivity index (χ1v) is 6.87. The summed E-state index contributed by atoms with van der Waals surface area (Å²) in [6.07, 6.45) is 1.75.